The van der Waals surface area contributed by atoms with Crippen molar-refractivity contribution in [2.24, 2.45) is 4.99 Å². The molecule has 2 N–H and O–H groups in total. The Labute approximate surface area is 128 Å². The summed E-state index contributed by atoms with van der Waals surface area (Å²) in [6.45, 7) is 8.69. The molecule has 1 fully saturated rings. The average molecular weight is 295 g/mol. The Kier molecular flexibility index (Phi) is 8.50. The summed E-state index contributed by atoms with van der Waals surface area (Å²) in [4.78, 5) is 19.9. The van der Waals surface area contributed by atoms with Crippen LogP contribution in [0.3, 0.4) is 0 Å². The molecular formula is C15H29N5O. The van der Waals surface area contributed by atoms with Gasteiger partial charge >= 0.3 is 0 Å². The van der Waals surface area contributed by atoms with E-state index >= 15 is 0 Å². The third kappa shape index (κ3) is 7.70. The largest absolute Gasteiger partial charge is 0.355 e. The molecule has 0 aromatic carbocycles. The Morgan fingerprint density at radius 2 is 2.00 bits per heavy atom. The lowest BCUT2D eigenvalue weighted by Crippen LogP contribution is -2.43. The van der Waals surface area contributed by atoms with Crippen LogP contribution in [0, 0.1) is 0 Å². The highest BCUT2D eigenvalue weighted by molar-refractivity contribution is 5.84. The molecule has 1 heterocycles. The smallest absolute Gasteiger partial charge is 0.243 e. The van der Waals surface area contributed by atoms with Gasteiger partial charge in [0.15, 0.2) is 5.96 Å². The van der Waals surface area contributed by atoms with Crippen LogP contribution in [-0.2, 0) is 4.79 Å². The number of amides is 1. The fourth-order valence-electron chi connectivity index (χ4n) is 2.15. The van der Waals surface area contributed by atoms with Gasteiger partial charge in [0.1, 0.15) is 6.54 Å². The van der Waals surface area contributed by atoms with E-state index in [9.17, 15) is 4.79 Å². The summed E-state index contributed by atoms with van der Waals surface area (Å²) in [5.74, 6) is 0.660. The third-order valence-electron chi connectivity index (χ3n) is 3.45. The highest BCUT2D eigenvalue weighted by atomic mass is 16.2. The first-order valence-electron chi connectivity index (χ1n) is 7.69. The van der Waals surface area contributed by atoms with E-state index in [0.717, 1.165) is 13.1 Å². The quantitative estimate of drug-likeness (QED) is 0.402. The molecule has 120 valence electrons. The average Bonchev–Trinajstić information content (AvgIpc) is 2.50. The molecule has 0 aromatic heterocycles. The fourth-order valence-corrected chi connectivity index (χ4v) is 2.15. The minimum absolute atomic E-state index is 0.00858. The van der Waals surface area contributed by atoms with Crippen molar-refractivity contribution in [2.45, 2.75) is 19.3 Å². The normalized spacial score (nSPS) is 16.4. The maximum atomic E-state index is 11.6. The maximum Gasteiger partial charge on any atom is 0.243 e. The van der Waals surface area contributed by atoms with Crippen LogP contribution in [0.1, 0.15) is 19.3 Å². The number of guanidine groups is 1. The van der Waals surface area contributed by atoms with E-state index in [0.29, 0.717) is 12.5 Å². The number of hydrogen-bond donors (Lipinski definition) is 2. The second-order valence-corrected chi connectivity index (χ2v) is 5.45. The van der Waals surface area contributed by atoms with Gasteiger partial charge in [-0.2, -0.15) is 0 Å². The molecule has 0 bridgehead atoms. The van der Waals surface area contributed by atoms with E-state index in [1.165, 1.54) is 32.4 Å². The standard InChI is InChI=1S/C15H29N5O/c1-4-8-16-15(18-13-14(21)19(2)3)17-9-12-20-10-6-5-7-11-20/h4H,1,5-13H2,2-3H3,(H2,16,17,18). The Balaban J connectivity index is 2.35. The number of nitrogens with one attached hydrogen (secondary N) is 2. The Hall–Kier alpha value is -1.56. The number of likely N-dealkylation sites (N-methyl/N-ethyl adjacent to an activating group) is 1. The topological polar surface area (TPSA) is 60.0 Å². The van der Waals surface area contributed by atoms with Crippen LogP contribution in [0.2, 0.25) is 0 Å². The zero-order valence-corrected chi connectivity index (χ0v) is 13.4. The maximum absolute atomic E-state index is 11.6. The van der Waals surface area contributed by atoms with Crippen LogP contribution in [0.5, 0.6) is 0 Å². The van der Waals surface area contributed by atoms with Crippen LogP contribution >= 0.6 is 0 Å². The van der Waals surface area contributed by atoms with E-state index < -0.39 is 0 Å². The van der Waals surface area contributed by atoms with Crippen molar-refractivity contribution >= 4 is 11.9 Å². The summed E-state index contributed by atoms with van der Waals surface area (Å²) < 4.78 is 0. The first kappa shape index (κ1) is 17.5. The molecule has 21 heavy (non-hydrogen) atoms. The zero-order chi connectivity index (χ0) is 15.5. The summed E-state index contributed by atoms with van der Waals surface area (Å²) >= 11 is 0. The second-order valence-electron chi connectivity index (χ2n) is 5.45. The zero-order valence-electron chi connectivity index (χ0n) is 13.4. The molecule has 6 heteroatoms. The van der Waals surface area contributed by atoms with E-state index in [1.54, 1.807) is 25.1 Å². The molecule has 0 atom stereocenters. The summed E-state index contributed by atoms with van der Waals surface area (Å²) in [6.07, 6.45) is 5.72. The summed E-state index contributed by atoms with van der Waals surface area (Å²) in [5, 5.41) is 6.41. The monoisotopic (exact) mass is 295 g/mol. The molecule has 1 aliphatic heterocycles. The molecule has 0 spiro atoms. The molecule has 1 aliphatic rings. The highest BCUT2D eigenvalue weighted by Crippen LogP contribution is 2.07. The predicted molar refractivity (Wildman–Crippen MR) is 87.5 cm³/mol. The van der Waals surface area contributed by atoms with Crippen LogP contribution in [0.15, 0.2) is 17.6 Å². The van der Waals surface area contributed by atoms with Gasteiger partial charge in [-0.15, -0.1) is 6.58 Å². The van der Waals surface area contributed by atoms with E-state index in [2.05, 4.69) is 27.1 Å². The van der Waals surface area contributed by atoms with Gasteiger partial charge in [-0.05, 0) is 25.9 Å². The Bertz CT molecular complexity index is 348. The molecule has 0 saturated carbocycles. The number of carbonyl (C=O) groups is 1. The fraction of sp³-hybridized carbons (Fsp3) is 0.733. The van der Waals surface area contributed by atoms with Crippen LogP contribution in [0.4, 0.5) is 0 Å². The van der Waals surface area contributed by atoms with E-state index in [-0.39, 0.29) is 12.5 Å². The molecular weight excluding hydrogens is 266 g/mol. The van der Waals surface area contributed by atoms with Gasteiger partial charge in [-0.25, -0.2) is 4.99 Å². The van der Waals surface area contributed by atoms with Crippen molar-refractivity contribution in [1.29, 1.82) is 0 Å². The van der Waals surface area contributed by atoms with Crippen LogP contribution < -0.4 is 10.6 Å². The van der Waals surface area contributed by atoms with Crippen LogP contribution in [-0.4, -0.2) is 75.0 Å². The number of likely N-dealkylation sites (tertiary alicyclic amines) is 1. The van der Waals surface area contributed by atoms with Crippen molar-refractivity contribution in [1.82, 2.24) is 20.4 Å². The van der Waals surface area contributed by atoms with Crippen molar-refractivity contribution in [3.8, 4) is 0 Å². The van der Waals surface area contributed by atoms with Crippen molar-refractivity contribution in [2.75, 3.05) is 53.4 Å². The Morgan fingerprint density at radius 1 is 1.29 bits per heavy atom. The summed E-state index contributed by atoms with van der Waals surface area (Å²) in [7, 11) is 3.47. The number of carbonyl (C=O) groups excluding carboxylic acids is 1. The van der Waals surface area contributed by atoms with Gasteiger partial charge in [0, 0.05) is 33.7 Å². The van der Waals surface area contributed by atoms with Gasteiger partial charge < -0.3 is 20.4 Å². The number of rotatable bonds is 7. The second kappa shape index (κ2) is 10.2. The summed E-state index contributed by atoms with van der Waals surface area (Å²) in [6, 6.07) is 0. The van der Waals surface area contributed by atoms with E-state index in [1.807, 2.05) is 0 Å². The van der Waals surface area contributed by atoms with Gasteiger partial charge in [-0.1, -0.05) is 12.5 Å². The lowest BCUT2D eigenvalue weighted by molar-refractivity contribution is -0.127. The predicted octanol–water partition coefficient (Wildman–Crippen LogP) is 0.282. The van der Waals surface area contributed by atoms with Gasteiger partial charge in [0.25, 0.3) is 0 Å². The lowest BCUT2D eigenvalue weighted by Gasteiger charge is -2.26. The van der Waals surface area contributed by atoms with Gasteiger partial charge in [0.2, 0.25) is 5.91 Å². The molecule has 0 aliphatic carbocycles. The van der Waals surface area contributed by atoms with Crippen LogP contribution in [0.25, 0.3) is 0 Å². The molecule has 1 amide bonds. The highest BCUT2D eigenvalue weighted by Gasteiger charge is 2.09. The first-order valence-corrected chi connectivity index (χ1v) is 7.69. The number of nitrogens with zero attached hydrogens (tertiary/aromatic N) is 3. The van der Waals surface area contributed by atoms with Crippen molar-refractivity contribution in [3.05, 3.63) is 12.7 Å². The minimum Gasteiger partial charge on any atom is -0.355 e. The minimum atomic E-state index is -0.00858. The van der Waals surface area contributed by atoms with Crippen molar-refractivity contribution in [3.63, 3.8) is 0 Å². The number of hydrogen-bond acceptors (Lipinski definition) is 3. The molecule has 1 rings (SSSR count). The molecule has 0 aromatic rings. The first-order chi connectivity index (χ1) is 10.1. The van der Waals surface area contributed by atoms with Gasteiger partial charge in [0.05, 0.1) is 0 Å². The summed E-state index contributed by atoms with van der Waals surface area (Å²) in [5.41, 5.74) is 0. The number of aliphatic imine (C=N–C) groups is 1. The number of piperidine rings is 1. The Morgan fingerprint density at radius 3 is 2.62 bits per heavy atom. The van der Waals surface area contributed by atoms with Gasteiger partial charge in [-0.3, -0.25) is 4.79 Å². The van der Waals surface area contributed by atoms with E-state index in [4.69, 9.17) is 0 Å². The van der Waals surface area contributed by atoms with Crippen molar-refractivity contribution < 1.29 is 4.79 Å². The SMILES string of the molecule is C=CCNC(=NCC(=O)N(C)C)NCCN1CCCCC1. The third-order valence-corrected chi connectivity index (χ3v) is 3.45. The molecule has 0 radical (unpaired) electrons. The molecule has 0 unspecified atom stereocenters. The molecule has 6 nitrogen and oxygen atoms in total. The molecule has 1 saturated heterocycles. The lowest BCUT2D eigenvalue weighted by atomic mass is 10.1.